The molecule has 1 fully saturated rings. The molecule has 1 aromatic rings. The number of carbonyl (C=O) groups is 1. The van der Waals surface area contributed by atoms with Crippen LogP contribution in [0.15, 0.2) is 35.3 Å². The molecule has 0 bridgehead atoms. The summed E-state index contributed by atoms with van der Waals surface area (Å²) in [6.45, 7) is 1.91. The van der Waals surface area contributed by atoms with Crippen molar-refractivity contribution in [3.8, 4) is 0 Å². The van der Waals surface area contributed by atoms with E-state index in [0.717, 1.165) is 5.69 Å². The SMILES string of the molecule is NNC(=Nc1ccccc1)N1CCNC(=O)CC1. The van der Waals surface area contributed by atoms with Crippen molar-refractivity contribution in [3.63, 3.8) is 0 Å². The Morgan fingerprint density at radius 2 is 2.11 bits per heavy atom. The van der Waals surface area contributed by atoms with Crippen LogP contribution in [-0.4, -0.2) is 36.4 Å². The number of hydrazine groups is 1. The minimum atomic E-state index is 0.0635. The third-order valence-electron chi connectivity index (χ3n) is 2.73. The largest absolute Gasteiger partial charge is 0.354 e. The predicted molar refractivity (Wildman–Crippen MR) is 70.1 cm³/mol. The predicted octanol–water partition coefficient (Wildman–Crippen LogP) is -0.0407. The van der Waals surface area contributed by atoms with Crippen molar-refractivity contribution in [1.82, 2.24) is 15.6 Å². The minimum Gasteiger partial charge on any atom is -0.354 e. The molecular weight excluding hydrogens is 230 g/mol. The number of benzene rings is 1. The van der Waals surface area contributed by atoms with Gasteiger partial charge in [0.2, 0.25) is 11.9 Å². The van der Waals surface area contributed by atoms with Crippen LogP contribution in [-0.2, 0) is 4.79 Å². The lowest BCUT2D eigenvalue weighted by molar-refractivity contribution is -0.120. The molecule has 0 radical (unpaired) electrons. The number of hydrogen-bond donors (Lipinski definition) is 3. The third-order valence-corrected chi connectivity index (χ3v) is 2.73. The summed E-state index contributed by atoms with van der Waals surface area (Å²) in [5, 5.41) is 2.81. The Morgan fingerprint density at radius 1 is 1.33 bits per heavy atom. The van der Waals surface area contributed by atoms with Crippen LogP contribution in [0.25, 0.3) is 0 Å². The number of para-hydroxylation sites is 1. The summed E-state index contributed by atoms with van der Waals surface area (Å²) in [7, 11) is 0. The van der Waals surface area contributed by atoms with E-state index in [4.69, 9.17) is 5.84 Å². The normalized spacial score (nSPS) is 17.1. The molecule has 0 saturated carbocycles. The van der Waals surface area contributed by atoms with Gasteiger partial charge in [-0.25, -0.2) is 10.8 Å². The average Bonchev–Trinajstić information content (AvgIpc) is 2.62. The van der Waals surface area contributed by atoms with Crippen LogP contribution in [0.2, 0.25) is 0 Å². The zero-order chi connectivity index (χ0) is 12.8. The van der Waals surface area contributed by atoms with Crippen molar-refractivity contribution in [2.45, 2.75) is 6.42 Å². The topological polar surface area (TPSA) is 82.8 Å². The summed E-state index contributed by atoms with van der Waals surface area (Å²) in [6.07, 6.45) is 0.454. The van der Waals surface area contributed by atoms with Crippen LogP contribution in [0.1, 0.15) is 6.42 Å². The van der Waals surface area contributed by atoms with E-state index in [9.17, 15) is 4.79 Å². The second kappa shape index (κ2) is 6.02. The van der Waals surface area contributed by atoms with Gasteiger partial charge in [0, 0.05) is 26.1 Å². The number of aliphatic imine (C=N–C) groups is 1. The van der Waals surface area contributed by atoms with Crippen LogP contribution >= 0.6 is 0 Å². The minimum absolute atomic E-state index is 0.0635. The summed E-state index contributed by atoms with van der Waals surface area (Å²) < 4.78 is 0. The van der Waals surface area contributed by atoms with Gasteiger partial charge in [0.1, 0.15) is 0 Å². The van der Waals surface area contributed by atoms with Crippen LogP contribution in [0, 0.1) is 0 Å². The van der Waals surface area contributed by atoms with Crippen LogP contribution in [0.5, 0.6) is 0 Å². The van der Waals surface area contributed by atoms with Gasteiger partial charge < -0.3 is 10.2 Å². The molecule has 1 heterocycles. The number of carbonyl (C=O) groups excluding carboxylic acids is 1. The van der Waals surface area contributed by atoms with Crippen molar-refractivity contribution < 1.29 is 4.79 Å². The molecule has 1 aromatic carbocycles. The summed E-state index contributed by atoms with van der Waals surface area (Å²) >= 11 is 0. The third kappa shape index (κ3) is 3.21. The van der Waals surface area contributed by atoms with Gasteiger partial charge in [-0.1, -0.05) is 18.2 Å². The van der Waals surface area contributed by atoms with E-state index in [-0.39, 0.29) is 5.91 Å². The Labute approximate surface area is 106 Å². The van der Waals surface area contributed by atoms with Gasteiger partial charge in [-0.05, 0) is 12.1 Å². The Bertz CT molecular complexity index is 431. The number of amides is 1. The Hall–Kier alpha value is -2.08. The van der Waals surface area contributed by atoms with Gasteiger partial charge >= 0.3 is 0 Å². The first kappa shape index (κ1) is 12.4. The molecule has 0 aromatic heterocycles. The van der Waals surface area contributed by atoms with E-state index in [0.29, 0.717) is 32.0 Å². The first-order valence-electron chi connectivity index (χ1n) is 5.91. The number of nitrogens with zero attached hydrogens (tertiary/aromatic N) is 2. The summed E-state index contributed by atoms with van der Waals surface area (Å²) in [6, 6.07) is 9.57. The first-order valence-corrected chi connectivity index (χ1v) is 5.91. The molecule has 0 atom stereocenters. The molecule has 4 N–H and O–H groups in total. The zero-order valence-corrected chi connectivity index (χ0v) is 10.1. The number of hydrogen-bond acceptors (Lipinski definition) is 3. The molecule has 1 amide bonds. The Kier molecular flexibility index (Phi) is 4.14. The van der Waals surface area contributed by atoms with Gasteiger partial charge in [0.25, 0.3) is 0 Å². The van der Waals surface area contributed by atoms with E-state index in [1.807, 2.05) is 35.2 Å². The molecular formula is C12H17N5O. The van der Waals surface area contributed by atoms with Crippen molar-refractivity contribution in [2.24, 2.45) is 10.8 Å². The highest BCUT2D eigenvalue weighted by Crippen LogP contribution is 2.11. The maximum absolute atomic E-state index is 11.3. The zero-order valence-electron chi connectivity index (χ0n) is 10.1. The quantitative estimate of drug-likeness (QED) is 0.281. The average molecular weight is 247 g/mol. The molecule has 0 spiro atoms. The summed E-state index contributed by atoms with van der Waals surface area (Å²) in [5.41, 5.74) is 3.43. The monoisotopic (exact) mass is 247 g/mol. The van der Waals surface area contributed by atoms with E-state index in [2.05, 4.69) is 15.7 Å². The molecule has 0 unspecified atom stereocenters. The first-order chi connectivity index (χ1) is 8.79. The van der Waals surface area contributed by atoms with Gasteiger partial charge in [0.05, 0.1) is 5.69 Å². The van der Waals surface area contributed by atoms with E-state index in [1.165, 1.54) is 0 Å². The molecule has 0 aliphatic carbocycles. The Balaban J connectivity index is 2.12. The lowest BCUT2D eigenvalue weighted by Crippen LogP contribution is -2.46. The molecule has 18 heavy (non-hydrogen) atoms. The molecule has 96 valence electrons. The smallest absolute Gasteiger partial charge is 0.221 e. The summed E-state index contributed by atoms with van der Waals surface area (Å²) in [4.78, 5) is 17.7. The lowest BCUT2D eigenvalue weighted by atomic mass is 10.3. The molecule has 6 nitrogen and oxygen atoms in total. The standard InChI is InChI=1S/C12H17N5O/c13-16-12(15-10-4-2-1-3-5-10)17-8-6-11(18)14-7-9-17/h1-5H,6-9,13H2,(H,14,18)(H,15,16). The maximum Gasteiger partial charge on any atom is 0.221 e. The number of guanidine groups is 1. The highest BCUT2D eigenvalue weighted by molar-refractivity contribution is 5.84. The van der Waals surface area contributed by atoms with Crippen LogP contribution in [0.3, 0.4) is 0 Å². The number of rotatable bonds is 1. The van der Waals surface area contributed by atoms with Gasteiger partial charge in [0.15, 0.2) is 0 Å². The second-order valence-corrected chi connectivity index (χ2v) is 4.00. The molecule has 1 saturated heterocycles. The molecule has 6 heteroatoms. The molecule has 2 rings (SSSR count). The van der Waals surface area contributed by atoms with Crippen molar-refractivity contribution in [3.05, 3.63) is 30.3 Å². The van der Waals surface area contributed by atoms with E-state index < -0.39 is 0 Å². The lowest BCUT2D eigenvalue weighted by Gasteiger charge is -2.22. The number of nitrogens with two attached hydrogens (primary N) is 1. The molecule has 1 aliphatic heterocycles. The maximum atomic E-state index is 11.3. The van der Waals surface area contributed by atoms with Crippen molar-refractivity contribution in [1.29, 1.82) is 0 Å². The van der Waals surface area contributed by atoms with Gasteiger partial charge in [-0.2, -0.15) is 0 Å². The van der Waals surface area contributed by atoms with Gasteiger partial charge in [-0.15, -0.1) is 0 Å². The number of nitrogens with one attached hydrogen (secondary N) is 2. The van der Waals surface area contributed by atoms with Crippen LogP contribution < -0.4 is 16.6 Å². The fourth-order valence-electron chi connectivity index (χ4n) is 1.80. The van der Waals surface area contributed by atoms with Crippen LogP contribution in [0.4, 0.5) is 5.69 Å². The highest BCUT2D eigenvalue weighted by Gasteiger charge is 2.16. The van der Waals surface area contributed by atoms with E-state index >= 15 is 0 Å². The summed E-state index contributed by atoms with van der Waals surface area (Å²) in [5.74, 6) is 6.15. The highest BCUT2D eigenvalue weighted by atomic mass is 16.1. The fraction of sp³-hybridized carbons (Fsp3) is 0.333. The van der Waals surface area contributed by atoms with Crippen molar-refractivity contribution >= 4 is 17.6 Å². The Morgan fingerprint density at radius 3 is 2.83 bits per heavy atom. The fourth-order valence-corrected chi connectivity index (χ4v) is 1.80. The second-order valence-electron chi connectivity index (χ2n) is 4.00. The van der Waals surface area contributed by atoms with E-state index in [1.54, 1.807) is 0 Å². The van der Waals surface area contributed by atoms with Gasteiger partial charge in [-0.3, -0.25) is 10.2 Å². The molecule has 1 aliphatic rings. The van der Waals surface area contributed by atoms with Crippen molar-refractivity contribution in [2.75, 3.05) is 19.6 Å².